The van der Waals surface area contributed by atoms with E-state index in [4.69, 9.17) is 4.74 Å². The summed E-state index contributed by atoms with van der Waals surface area (Å²) in [7, 11) is 0. The van der Waals surface area contributed by atoms with Crippen LogP contribution in [0.4, 0.5) is 18.9 Å². The summed E-state index contributed by atoms with van der Waals surface area (Å²) in [6.45, 7) is -0.660. The minimum absolute atomic E-state index is 0.00615. The lowest BCUT2D eigenvalue weighted by molar-refractivity contribution is -0.153. The Labute approximate surface area is 124 Å². The Bertz CT molecular complexity index is 491. The van der Waals surface area contributed by atoms with Crippen LogP contribution in [-0.4, -0.2) is 42.8 Å². The molecule has 0 aliphatic carbocycles. The summed E-state index contributed by atoms with van der Waals surface area (Å²) in [6, 6.07) is 5.73. The second kappa shape index (κ2) is 7.04. The summed E-state index contributed by atoms with van der Waals surface area (Å²) in [5, 5.41) is 5.67. The van der Waals surface area contributed by atoms with Crippen LogP contribution >= 0.6 is 11.8 Å². The van der Waals surface area contributed by atoms with Crippen LogP contribution in [0.25, 0.3) is 0 Å². The second-order valence-corrected chi connectivity index (χ2v) is 5.62. The lowest BCUT2D eigenvalue weighted by Gasteiger charge is -2.23. The molecule has 1 aliphatic rings. The van der Waals surface area contributed by atoms with Crippen molar-refractivity contribution in [3.63, 3.8) is 0 Å². The molecule has 116 valence electrons. The number of halogens is 3. The summed E-state index contributed by atoms with van der Waals surface area (Å²) in [6.07, 6.45) is -4.42. The van der Waals surface area contributed by atoms with Crippen LogP contribution in [0.2, 0.25) is 0 Å². The smallest absolute Gasteiger partial charge is 0.422 e. The van der Waals surface area contributed by atoms with Gasteiger partial charge in [-0.2, -0.15) is 24.9 Å². The number of anilines is 1. The van der Waals surface area contributed by atoms with Gasteiger partial charge in [0.25, 0.3) is 0 Å². The highest BCUT2D eigenvalue weighted by molar-refractivity contribution is 7.99. The number of hydrogen-bond donors (Lipinski definition) is 2. The zero-order valence-corrected chi connectivity index (χ0v) is 11.9. The van der Waals surface area contributed by atoms with E-state index in [-0.39, 0.29) is 23.4 Å². The van der Waals surface area contributed by atoms with Crippen molar-refractivity contribution in [2.24, 2.45) is 0 Å². The molecule has 0 spiro atoms. The lowest BCUT2D eigenvalue weighted by Crippen LogP contribution is -2.46. The number of hydrogen-bond acceptors (Lipinski definition) is 4. The highest BCUT2D eigenvalue weighted by atomic mass is 32.2. The van der Waals surface area contributed by atoms with Gasteiger partial charge < -0.3 is 15.4 Å². The maximum Gasteiger partial charge on any atom is 0.422 e. The minimum Gasteiger partial charge on any atom is -0.482 e. The topological polar surface area (TPSA) is 50.4 Å². The van der Waals surface area contributed by atoms with Crippen molar-refractivity contribution in [3.8, 4) is 5.75 Å². The molecule has 21 heavy (non-hydrogen) atoms. The van der Waals surface area contributed by atoms with E-state index in [2.05, 4.69) is 10.6 Å². The molecule has 1 amide bonds. The number of amides is 1. The number of nitrogens with one attached hydrogen (secondary N) is 2. The molecule has 0 saturated carbocycles. The molecule has 0 aromatic heterocycles. The van der Waals surface area contributed by atoms with E-state index in [1.165, 1.54) is 12.1 Å². The zero-order chi connectivity index (χ0) is 15.3. The largest absolute Gasteiger partial charge is 0.482 e. The van der Waals surface area contributed by atoms with Crippen molar-refractivity contribution in [2.75, 3.05) is 30.0 Å². The highest BCUT2D eigenvalue weighted by Crippen LogP contribution is 2.26. The molecule has 1 unspecified atom stereocenters. The van der Waals surface area contributed by atoms with Gasteiger partial charge in [-0.3, -0.25) is 4.79 Å². The number of para-hydroxylation sites is 2. The van der Waals surface area contributed by atoms with Crippen LogP contribution in [0, 0.1) is 0 Å². The molecule has 1 saturated heterocycles. The van der Waals surface area contributed by atoms with Gasteiger partial charge in [-0.15, -0.1) is 0 Å². The average molecular weight is 320 g/mol. The van der Waals surface area contributed by atoms with Gasteiger partial charge in [0.1, 0.15) is 5.75 Å². The van der Waals surface area contributed by atoms with Crippen LogP contribution in [0.15, 0.2) is 24.3 Å². The van der Waals surface area contributed by atoms with E-state index in [9.17, 15) is 18.0 Å². The molecule has 1 fully saturated rings. The molecule has 0 bridgehead atoms. The lowest BCUT2D eigenvalue weighted by atomic mass is 10.2. The molecule has 1 aliphatic heterocycles. The number of benzene rings is 1. The summed E-state index contributed by atoms with van der Waals surface area (Å²) < 4.78 is 41.3. The molecule has 2 N–H and O–H groups in total. The Morgan fingerprint density at radius 2 is 2.19 bits per heavy atom. The Balaban J connectivity index is 2.00. The quantitative estimate of drug-likeness (QED) is 0.894. The first-order valence-corrected chi connectivity index (χ1v) is 7.52. The van der Waals surface area contributed by atoms with Gasteiger partial charge in [0.15, 0.2) is 6.61 Å². The predicted octanol–water partition coefficient (Wildman–Crippen LogP) is 2.27. The summed E-state index contributed by atoms with van der Waals surface area (Å²) >= 11 is 1.66. The minimum atomic E-state index is -4.42. The molecular formula is C13H15F3N2O2S. The van der Waals surface area contributed by atoms with E-state index in [0.717, 1.165) is 12.3 Å². The van der Waals surface area contributed by atoms with E-state index < -0.39 is 12.8 Å². The van der Waals surface area contributed by atoms with Gasteiger partial charge >= 0.3 is 6.18 Å². The standard InChI is InChI=1S/C13H15F3N2O2S/c14-13(15,16)8-20-11-4-2-1-3-9(11)18-12(19)10-7-21-6-5-17-10/h1-4,10,17H,5-8H2,(H,18,19). The summed E-state index contributed by atoms with van der Waals surface area (Å²) in [5.74, 6) is 1.31. The van der Waals surface area contributed by atoms with Gasteiger partial charge in [-0.25, -0.2) is 0 Å². The van der Waals surface area contributed by atoms with E-state index in [1.54, 1.807) is 23.9 Å². The van der Waals surface area contributed by atoms with Crippen LogP contribution < -0.4 is 15.4 Å². The van der Waals surface area contributed by atoms with Crippen molar-refractivity contribution in [3.05, 3.63) is 24.3 Å². The molecule has 4 nitrogen and oxygen atoms in total. The first-order chi connectivity index (χ1) is 9.96. The van der Waals surface area contributed by atoms with E-state index in [1.807, 2.05) is 0 Å². The number of ether oxygens (including phenoxy) is 1. The predicted molar refractivity (Wildman–Crippen MR) is 75.7 cm³/mol. The van der Waals surface area contributed by atoms with Crippen molar-refractivity contribution >= 4 is 23.4 Å². The third-order valence-electron chi connectivity index (χ3n) is 2.77. The Morgan fingerprint density at radius 3 is 2.86 bits per heavy atom. The monoisotopic (exact) mass is 320 g/mol. The number of carbonyl (C=O) groups excluding carboxylic acids is 1. The van der Waals surface area contributed by atoms with Crippen molar-refractivity contribution in [1.29, 1.82) is 0 Å². The first-order valence-electron chi connectivity index (χ1n) is 6.36. The van der Waals surface area contributed by atoms with E-state index >= 15 is 0 Å². The second-order valence-electron chi connectivity index (χ2n) is 4.47. The number of carbonyl (C=O) groups is 1. The number of alkyl halides is 3. The SMILES string of the molecule is O=C(Nc1ccccc1OCC(F)(F)F)C1CSCCN1. The molecule has 2 rings (SSSR count). The van der Waals surface area contributed by atoms with Crippen molar-refractivity contribution in [2.45, 2.75) is 12.2 Å². The van der Waals surface area contributed by atoms with Crippen molar-refractivity contribution < 1.29 is 22.7 Å². The average Bonchev–Trinajstić information content (AvgIpc) is 2.46. The summed E-state index contributed by atoms with van der Waals surface area (Å²) in [5.41, 5.74) is 0.240. The fourth-order valence-corrected chi connectivity index (χ4v) is 2.74. The Morgan fingerprint density at radius 1 is 1.43 bits per heavy atom. The molecule has 1 aromatic rings. The van der Waals surface area contributed by atoms with Gasteiger partial charge in [-0.05, 0) is 12.1 Å². The normalized spacial score (nSPS) is 19.1. The van der Waals surface area contributed by atoms with Crippen LogP contribution in [0.1, 0.15) is 0 Å². The maximum absolute atomic E-state index is 12.2. The molecule has 0 radical (unpaired) electrons. The molecular weight excluding hydrogens is 305 g/mol. The highest BCUT2D eigenvalue weighted by Gasteiger charge is 2.29. The third-order valence-corrected chi connectivity index (χ3v) is 3.84. The van der Waals surface area contributed by atoms with Gasteiger partial charge in [-0.1, -0.05) is 12.1 Å². The molecule has 1 heterocycles. The van der Waals surface area contributed by atoms with Crippen LogP contribution in [-0.2, 0) is 4.79 Å². The fourth-order valence-electron chi connectivity index (χ4n) is 1.81. The number of rotatable bonds is 4. The van der Waals surface area contributed by atoms with Crippen molar-refractivity contribution in [1.82, 2.24) is 5.32 Å². The fraction of sp³-hybridized carbons (Fsp3) is 0.462. The van der Waals surface area contributed by atoms with Gasteiger partial charge in [0.2, 0.25) is 5.91 Å². The van der Waals surface area contributed by atoms with Gasteiger partial charge in [0, 0.05) is 18.1 Å². The zero-order valence-electron chi connectivity index (χ0n) is 11.1. The molecule has 8 heteroatoms. The van der Waals surface area contributed by atoms with Crippen LogP contribution in [0.5, 0.6) is 5.75 Å². The Hall–Kier alpha value is -1.41. The van der Waals surface area contributed by atoms with Crippen LogP contribution in [0.3, 0.4) is 0 Å². The molecule has 1 aromatic carbocycles. The first kappa shape index (κ1) is 16.0. The molecule has 1 atom stereocenters. The maximum atomic E-state index is 12.2. The van der Waals surface area contributed by atoms with E-state index in [0.29, 0.717) is 5.75 Å². The Kier molecular flexibility index (Phi) is 5.35. The summed E-state index contributed by atoms with van der Waals surface area (Å²) in [4.78, 5) is 12.1. The third kappa shape index (κ3) is 5.13. The van der Waals surface area contributed by atoms with Gasteiger partial charge in [0.05, 0.1) is 11.7 Å². The number of thioether (sulfide) groups is 1.